The van der Waals surface area contributed by atoms with Gasteiger partial charge in [-0.15, -0.1) is 0 Å². The van der Waals surface area contributed by atoms with Gasteiger partial charge in [-0.05, 0) is 66.2 Å². The predicted molar refractivity (Wildman–Crippen MR) is 143 cm³/mol. The zero-order valence-electron chi connectivity index (χ0n) is 19.9. The minimum atomic E-state index is -4.17. The summed E-state index contributed by atoms with van der Waals surface area (Å²) >= 11 is 6.13. The lowest BCUT2D eigenvalue weighted by Gasteiger charge is -2.27. The quantitative estimate of drug-likeness (QED) is 0.374. The minimum absolute atomic E-state index is 0.0527. The molecule has 0 fully saturated rings. The van der Waals surface area contributed by atoms with E-state index in [4.69, 9.17) is 11.6 Å². The van der Waals surface area contributed by atoms with Gasteiger partial charge in [0.1, 0.15) is 11.9 Å². The first-order chi connectivity index (χ1) is 18.3. The van der Waals surface area contributed by atoms with Gasteiger partial charge in [-0.1, -0.05) is 29.8 Å². The molecule has 2 aromatic carbocycles. The average Bonchev–Trinajstić information content (AvgIpc) is 3.06. The highest BCUT2D eigenvalue weighted by Crippen LogP contribution is 2.31. The van der Waals surface area contributed by atoms with Crippen molar-refractivity contribution in [1.29, 1.82) is 0 Å². The van der Waals surface area contributed by atoms with E-state index in [1.165, 1.54) is 28.6 Å². The van der Waals surface area contributed by atoms with Gasteiger partial charge in [-0.3, -0.25) is 14.6 Å². The Kier molecular flexibility index (Phi) is 7.19. The molecule has 0 aliphatic carbocycles. The summed E-state index contributed by atoms with van der Waals surface area (Å²) in [7, 11) is -4.17. The summed E-state index contributed by atoms with van der Waals surface area (Å²) in [6, 6.07) is 19.8. The van der Waals surface area contributed by atoms with Crippen LogP contribution in [0.5, 0.6) is 0 Å². The normalized spacial score (nSPS) is 15.7. The van der Waals surface area contributed by atoms with E-state index < -0.39 is 27.9 Å². The molecule has 3 heterocycles. The molecule has 2 N–H and O–H groups in total. The number of fused-ring (bicyclic) bond motifs is 1. The second kappa shape index (κ2) is 10.7. The molecule has 0 saturated heterocycles. The minimum Gasteiger partial charge on any atom is -0.324 e. The maximum Gasteiger partial charge on any atom is 0.256 e. The van der Waals surface area contributed by atoms with Gasteiger partial charge < -0.3 is 10.6 Å². The molecule has 11 heteroatoms. The number of carbonyl (C=O) groups excluding carboxylic acids is 2. The zero-order valence-corrected chi connectivity index (χ0v) is 21.5. The monoisotopic (exact) mass is 547 g/mol. The lowest BCUT2D eigenvalue weighted by molar-refractivity contribution is -0.119. The summed E-state index contributed by atoms with van der Waals surface area (Å²) in [5.74, 6) is -0.548. The molecule has 0 spiro atoms. The second-order valence-corrected chi connectivity index (χ2v) is 10.9. The topological polar surface area (TPSA) is 121 Å². The predicted octanol–water partition coefficient (Wildman–Crippen LogP) is 4.14. The molecular formula is C27H22ClN5O4S. The molecule has 9 nitrogen and oxygen atoms in total. The van der Waals surface area contributed by atoms with Crippen LogP contribution in [0.3, 0.4) is 0 Å². The van der Waals surface area contributed by atoms with Gasteiger partial charge in [0.05, 0.1) is 4.90 Å². The van der Waals surface area contributed by atoms with Crippen molar-refractivity contribution >= 4 is 44.9 Å². The lowest BCUT2D eigenvalue weighted by Crippen LogP contribution is -2.46. The molecule has 0 bridgehead atoms. The Morgan fingerprint density at radius 1 is 1.00 bits per heavy atom. The first-order valence-electron chi connectivity index (χ1n) is 11.6. The van der Waals surface area contributed by atoms with Crippen molar-refractivity contribution in [1.82, 2.24) is 14.3 Å². The molecule has 1 atom stereocenters. The largest absolute Gasteiger partial charge is 0.324 e. The van der Waals surface area contributed by atoms with Crippen LogP contribution >= 0.6 is 11.6 Å². The Hall–Kier alpha value is -4.12. The first-order valence-corrected chi connectivity index (χ1v) is 13.5. The number of carbonyl (C=O) groups is 2. The maximum absolute atomic E-state index is 13.9. The van der Waals surface area contributed by atoms with E-state index in [0.29, 0.717) is 27.8 Å². The molecule has 2 aromatic heterocycles. The van der Waals surface area contributed by atoms with Crippen LogP contribution in [0.15, 0.2) is 96.2 Å². The molecular weight excluding hydrogens is 526 g/mol. The second-order valence-electron chi connectivity index (χ2n) is 8.58. The van der Waals surface area contributed by atoms with Gasteiger partial charge in [0.25, 0.3) is 5.91 Å². The molecule has 2 amide bonds. The third-order valence-electron chi connectivity index (χ3n) is 6.06. The fourth-order valence-electron chi connectivity index (χ4n) is 4.13. The molecule has 0 saturated carbocycles. The summed E-state index contributed by atoms with van der Waals surface area (Å²) in [6.45, 7) is -0.0625. The van der Waals surface area contributed by atoms with Crippen LogP contribution in [0.25, 0.3) is 0 Å². The molecule has 0 radical (unpaired) electrons. The van der Waals surface area contributed by atoms with Crippen molar-refractivity contribution in [2.75, 3.05) is 10.6 Å². The number of sulfonamides is 1. The van der Waals surface area contributed by atoms with Gasteiger partial charge in [0, 0.05) is 47.3 Å². The number of pyridine rings is 2. The Bertz CT molecular complexity index is 1580. The highest BCUT2D eigenvalue weighted by Gasteiger charge is 2.39. The van der Waals surface area contributed by atoms with E-state index in [0.717, 1.165) is 0 Å². The smallest absolute Gasteiger partial charge is 0.256 e. The molecule has 1 aliphatic rings. The number of amides is 2. The van der Waals surface area contributed by atoms with Crippen molar-refractivity contribution in [2.24, 2.45) is 0 Å². The number of hydrogen-bond acceptors (Lipinski definition) is 6. The van der Waals surface area contributed by atoms with Crippen LogP contribution in [-0.2, 0) is 27.8 Å². The van der Waals surface area contributed by atoms with Crippen molar-refractivity contribution in [3.63, 3.8) is 0 Å². The van der Waals surface area contributed by atoms with Crippen molar-refractivity contribution in [3.8, 4) is 0 Å². The highest BCUT2D eigenvalue weighted by molar-refractivity contribution is 7.89. The van der Waals surface area contributed by atoms with Crippen molar-refractivity contribution < 1.29 is 18.0 Å². The van der Waals surface area contributed by atoms with Crippen LogP contribution in [0.4, 0.5) is 11.5 Å². The van der Waals surface area contributed by atoms with E-state index in [9.17, 15) is 18.0 Å². The number of aromatic nitrogens is 2. The molecule has 38 heavy (non-hydrogen) atoms. The molecule has 5 rings (SSSR count). The standard InChI is InChI=1S/C27H22ClN5O4S/c28-20-10-7-19-17-33(24(27(35)31-23(19)15-20)16-21-5-1-3-13-29-21)38(36,37)22-11-8-18(9-12-22)26(34)32-25-6-2-4-14-30-25/h1-15,24H,16-17H2,(H,31,35)(H,30,32,34). The summed E-state index contributed by atoms with van der Waals surface area (Å²) in [5.41, 5.74) is 1.88. The number of nitrogens with zero attached hydrogens (tertiary/aromatic N) is 3. The Labute approximate surface area is 224 Å². The Morgan fingerprint density at radius 2 is 1.74 bits per heavy atom. The number of nitrogens with one attached hydrogen (secondary N) is 2. The van der Waals surface area contributed by atoms with Gasteiger partial charge in [0.15, 0.2) is 0 Å². The highest BCUT2D eigenvalue weighted by atomic mass is 35.5. The summed E-state index contributed by atoms with van der Waals surface area (Å²) < 4.78 is 29.0. The van der Waals surface area contributed by atoms with Crippen LogP contribution in [-0.4, -0.2) is 40.5 Å². The third kappa shape index (κ3) is 5.42. The maximum atomic E-state index is 13.9. The fourth-order valence-corrected chi connectivity index (χ4v) is 5.87. The van der Waals surface area contributed by atoms with Crippen LogP contribution in [0, 0.1) is 0 Å². The molecule has 1 unspecified atom stereocenters. The lowest BCUT2D eigenvalue weighted by atomic mass is 10.1. The van der Waals surface area contributed by atoms with E-state index in [1.807, 2.05) is 0 Å². The first kappa shape index (κ1) is 25.5. The van der Waals surface area contributed by atoms with Crippen molar-refractivity contribution in [2.45, 2.75) is 23.9 Å². The van der Waals surface area contributed by atoms with E-state index in [2.05, 4.69) is 20.6 Å². The van der Waals surface area contributed by atoms with Gasteiger partial charge in [0.2, 0.25) is 15.9 Å². The van der Waals surface area contributed by atoms with Crippen LogP contribution < -0.4 is 10.6 Å². The van der Waals surface area contributed by atoms with E-state index >= 15 is 0 Å². The van der Waals surface area contributed by atoms with Crippen LogP contribution in [0.1, 0.15) is 21.6 Å². The number of rotatable bonds is 6. The zero-order chi connectivity index (χ0) is 26.7. The number of halogens is 1. The SMILES string of the molecule is O=C(Nc1ccccn1)c1ccc(S(=O)(=O)N2Cc3ccc(Cl)cc3NC(=O)C2Cc2ccccn2)cc1. The number of benzene rings is 2. The third-order valence-corrected chi connectivity index (χ3v) is 8.17. The van der Waals surface area contributed by atoms with Gasteiger partial charge in [-0.25, -0.2) is 13.4 Å². The molecule has 4 aromatic rings. The number of hydrogen-bond donors (Lipinski definition) is 2. The summed E-state index contributed by atoms with van der Waals surface area (Å²) in [5, 5.41) is 5.90. The average molecular weight is 548 g/mol. The molecule has 1 aliphatic heterocycles. The summed E-state index contributed by atoms with van der Waals surface area (Å²) in [4.78, 5) is 34.2. The van der Waals surface area contributed by atoms with Crippen LogP contribution in [0.2, 0.25) is 5.02 Å². The Balaban J connectivity index is 1.48. The summed E-state index contributed by atoms with van der Waals surface area (Å²) in [6.07, 6.45) is 3.21. The number of anilines is 2. The van der Waals surface area contributed by atoms with Gasteiger partial charge >= 0.3 is 0 Å². The van der Waals surface area contributed by atoms with Gasteiger partial charge in [-0.2, -0.15) is 4.31 Å². The molecule has 192 valence electrons. The van der Waals surface area contributed by atoms with E-state index in [-0.39, 0.29) is 23.4 Å². The Morgan fingerprint density at radius 3 is 2.42 bits per heavy atom. The van der Waals surface area contributed by atoms with E-state index in [1.54, 1.807) is 67.0 Å². The van der Waals surface area contributed by atoms with Crippen molar-refractivity contribution in [3.05, 3.63) is 113 Å². The fraction of sp³-hybridized carbons (Fsp3) is 0.111.